The zero-order valence-electron chi connectivity index (χ0n) is 11.4. The van der Waals surface area contributed by atoms with Crippen LogP contribution in [-0.2, 0) is 4.84 Å². The maximum Gasteiger partial charge on any atom is 0.365 e. The minimum Gasteiger partial charge on any atom is -0.497 e. The summed E-state index contributed by atoms with van der Waals surface area (Å²) in [6.07, 6.45) is -0.104. The Bertz CT molecular complexity index is 609. The summed E-state index contributed by atoms with van der Waals surface area (Å²) in [5.74, 6) is 0.0313. The zero-order valence-corrected chi connectivity index (χ0v) is 10.4. The van der Waals surface area contributed by atoms with Crippen molar-refractivity contribution in [3.8, 4) is 5.75 Å². The molecule has 0 saturated carbocycles. The molecule has 2 aromatic rings. The highest BCUT2D eigenvalue weighted by atomic mass is 16.7. The summed E-state index contributed by atoms with van der Waals surface area (Å²) >= 11 is 0. The van der Waals surface area contributed by atoms with E-state index in [1.807, 2.05) is 6.07 Å². The van der Waals surface area contributed by atoms with Gasteiger partial charge in [-0.1, -0.05) is 35.5 Å². The molecule has 0 heterocycles. The Hall–Kier alpha value is -2.62. The van der Waals surface area contributed by atoms with Gasteiger partial charge in [-0.3, -0.25) is 0 Å². The van der Waals surface area contributed by atoms with Crippen molar-refractivity contribution in [2.75, 3.05) is 7.11 Å². The number of hydrogen-bond acceptors (Lipinski definition) is 4. The van der Waals surface area contributed by atoms with Gasteiger partial charge in [-0.15, -0.1) is 0 Å². The van der Waals surface area contributed by atoms with Gasteiger partial charge in [0.25, 0.3) is 0 Å². The van der Waals surface area contributed by atoms with Crippen molar-refractivity contribution in [1.29, 1.82) is 0 Å². The number of carbonyl (C=O) groups is 1. The van der Waals surface area contributed by atoms with E-state index in [1.165, 1.54) is 0 Å². The maximum absolute atomic E-state index is 11.7. The average Bonchev–Trinajstić information content (AvgIpc) is 2.53. The topological polar surface area (TPSA) is 47.9 Å². The molecule has 4 heteroatoms. The van der Waals surface area contributed by atoms with Crippen LogP contribution < -0.4 is 4.74 Å². The standard InChI is InChI=1S/C15H13NO3/c1-18-14-9-7-13(8-10-14)15(17)19-16-11-12-5-3-2-4-6-12/h2-11H,1H3/b16-11+/i11D. The van der Waals surface area contributed by atoms with Gasteiger partial charge >= 0.3 is 5.97 Å². The number of hydrogen-bond donors (Lipinski definition) is 0. The maximum atomic E-state index is 11.7. The van der Waals surface area contributed by atoms with E-state index in [0.29, 0.717) is 16.9 Å². The number of ether oxygens (including phenoxy) is 1. The number of rotatable bonds is 4. The molecule has 0 aromatic heterocycles. The molecule has 0 fully saturated rings. The number of benzene rings is 2. The molecule has 19 heavy (non-hydrogen) atoms. The SMILES string of the molecule is [2H]/C(=N\OC(=O)c1ccc(OC)cc1)c1ccccc1. The molecule has 0 aliphatic heterocycles. The normalized spacial score (nSPS) is 11.6. The quantitative estimate of drug-likeness (QED) is 0.480. The van der Waals surface area contributed by atoms with E-state index in [0.717, 1.165) is 0 Å². The molecule has 0 aliphatic rings. The van der Waals surface area contributed by atoms with Gasteiger partial charge in [0, 0.05) is 0 Å². The summed E-state index contributed by atoms with van der Waals surface area (Å²) in [4.78, 5) is 16.5. The van der Waals surface area contributed by atoms with Gasteiger partial charge in [0.1, 0.15) is 5.75 Å². The highest BCUT2D eigenvalue weighted by molar-refractivity contribution is 5.90. The molecule has 0 N–H and O–H groups in total. The van der Waals surface area contributed by atoms with Crippen molar-refractivity contribution in [3.63, 3.8) is 0 Å². The molecule has 0 unspecified atom stereocenters. The fraction of sp³-hybridized carbons (Fsp3) is 0.0667. The van der Waals surface area contributed by atoms with E-state index in [4.69, 9.17) is 10.9 Å². The Morgan fingerprint density at radius 3 is 2.47 bits per heavy atom. The van der Waals surface area contributed by atoms with Crippen LogP contribution >= 0.6 is 0 Å². The van der Waals surface area contributed by atoms with Crippen molar-refractivity contribution in [1.82, 2.24) is 0 Å². The van der Waals surface area contributed by atoms with Crippen LogP contribution in [0.2, 0.25) is 0 Å². The van der Waals surface area contributed by atoms with Crippen LogP contribution in [0.1, 0.15) is 17.3 Å². The highest BCUT2D eigenvalue weighted by Crippen LogP contribution is 2.12. The van der Waals surface area contributed by atoms with Crippen molar-refractivity contribution in [2.24, 2.45) is 5.16 Å². The Labute approximate surface area is 112 Å². The fourth-order valence-electron chi connectivity index (χ4n) is 1.41. The molecule has 0 radical (unpaired) electrons. The lowest BCUT2D eigenvalue weighted by atomic mass is 10.2. The molecular formula is C15H13NO3. The van der Waals surface area contributed by atoms with Crippen LogP contribution in [0.25, 0.3) is 0 Å². The molecule has 4 nitrogen and oxygen atoms in total. The predicted octanol–water partition coefficient (Wildman–Crippen LogP) is 2.89. The Morgan fingerprint density at radius 2 is 1.84 bits per heavy atom. The second-order valence-corrected chi connectivity index (χ2v) is 3.68. The molecule has 0 spiro atoms. The second-order valence-electron chi connectivity index (χ2n) is 3.68. The lowest BCUT2D eigenvalue weighted by Crippen LogP contribution is -2.00. The summed E-state index contributed by atoms with van der Waals surface area (Å²) in [6, 6.07) is 15.3. The predicted molar refractivity (Wildman–Crippen MR) is 72.4 cm³/mol. The Morgan fingerprint density at radius 1 is 1.16 bits per heavy atom. The van der Waals surface area contributed by atoms with E-state index in [2.05, 4.69) is 5.16 Å². The summed E-state index contributed by atoms with van der Waals surface area (Å²) in [7, 11) is 1.55. The van der Waals surface area contributed by atoms with Crippen molar-refractivity contribution < 1.29 is 15.7 Å². The minimum atomic E-state index is -0.617. The summed E-state index contributed by atoms with van der Waals surface area (Å²) in [6.45, 7) is 0. The van der Waals surface area contributed by atoms with Gasteiger partial charge < -0.3 is 9.57 Å². The third-order valence-electron chi connectivity index (χ3n) is 2.40. The first kappa shape index (κ1) is 11.5. The Kier molecular flexibility index (Phi) is 3.83. The summed E-state index contributed by atoms with van der Waals surface area (Å²) in [5.41, 5.74) is 0.922. The van der Waals surface area contributed by atoms with Gasteiger partial charge in [-0.2, -0.15) is 0 Å². The molecule has 0 saturated heterocycles. The van der Waals surface area contributed by atoms with Gasteiger partial charge in [0.15, 0.2) is 0 Å². The first-order chi connectivity index (χ1) is 9.70. The fourth-order valence-corrected chi connectivity index (χ4v) is 1.41. The van der Waals surface area contributed by atoms with Crippen LogP contribution in [0, 0.1) is 0 Å². The summed E-state index contributed by atoms with van der Waals surface area (Å²) in [5, 5.41) is 3.52. The third kappa shape index (κ3) is 3.67. The van der Waals surface area contributed by atoms with Crippen molar-refractivity contribution in [2.45, 2.75) is 0 Å². The second kappa shape index (κ2) is 6.35. The van der Waals surface area contributed by atoms with Gasteiger partial charge in [0.2, 0.25) is 0 Å². The first-order valence-corrected chi connectivity index (χ1v) is 5.66. The summed E-state index contributed by atoms with van der Waals surface area (Å²) < 4.78 is 12.7. The molecule has 0 aliphatic carbocycles. The molecule has 0 atom stereocenters. The largest absolute Gasteiger partial charge is 0.497 e. The van der Waals surface area contributed by atoms with Crippen LogP contribution in [0.3, 0.4) is 0 Å². The molecule has 2 rings (SSSR count). The minimum absolute atomic E-state index is 0.104. The smallest absolute Gasteiger partial charge is 0.365 e. The monoisotopic (exact) mass is 256 g/mol. The average molecular weight is 256 g/mol. The molecule has 2 aromatic carbocycles. The van der Waals surface area contributed by atoms with Gasteiger partial charge in [-0.05, 0) is 29.8 Å². The lowest BCUT2D eigenvalue weighted by Gasteiger charge is -2.00. The van der Waals surface area contributed by atoms with Gasteiger partial charge in [-0.25, -0.2) is 4.79 Å². The van der Waals surface area contributed by atoms with E-state index < -0.39 is 5.97 Å². The number of oxime groups is 1. The molecule has 0 amide bonds. The van der Waals surface area contributed by atoms with Crippen LogP contribution in [-0.4, -0.2) is 19.3 Å². The van der Waals surface area contributed by atoms with Crippen molar-refractivity contribution in [3.05, 3.63) is 65.7 Å². The lowest BCUT2D eigenvalue weighted by molar-refractivity contribution is 0.0519. The molecular weight excluding hydrogens is 242 g/mol. The molecule has 0 bridgehead atoms. The van der Waals surface area contributed by atoms with Crippen molar-refractivity contribution >= 4 is 12.2 Å². The Balaban J connectivity index is 2.04. The van der Waals surface area contributed by atoms with Crippen LogP contribution in [0.4, 0.5) is 0 Å². The van der Waals surface area contributed by atoms with E-state index in [9.17, 15) is 4.79 Å². The van der Waals surface area contributed by atoms with E-state index in [-0.39, 0.29) is 6.19 Å². The number of nitrogens with zero attached hydrogens (tertiary/aromatic N) is 1. The van der Waals surface area contributed by atoms with Gasteiger partial charge in [0.05, 0.1) is 20.2 Å². The first-order valence-electron chi connectivity index (χ1n) is 6.16. The van der Waals surface area contributed by atoms with E-state index in [1.54, 1.807) is 55.6 Å². The van der Waals surface area contributed by atoms with E-state index >= 15 is 0 Å². The molecule has 96 valence electrons. The van der Waals surface area contributed by atoms with Crippen LogP contribution in [0.5, 0.6) is 5.75 Å². The zero-order chi connectivity index (χ0) is 14.4. The van der Waals surface area contributed by atoms with Crippen LogP contribution in [0.15, 0.2) is 59.8 Å². The highest BCUT2D eigenvalue weighted by Gasteiger charge is 2.06. The third-order valence-corrected chi connectivity index (χ3v) is 2.40. The number of carbonyl (C=O) groups excluding carboxylic acids is 1. The number of methoxy groups -OCH3 is 1.